The molecule has 2 rings (SSSR count). The molecule has 2 nitrogen and oxygen atoms in total. The molecule has 0 aliphatic carbocycles. The second-order valence-corrected chi connectivity index (χ2v) is 5.38. The molecule has 1 unspecified atom stereocenters. The molecule has 1 N–H and O–H groups in total. The lowest BCUT2D eigenvalue weighted by molar-refractivity contribution is 0.414. The number of benzene rings is 2. The van der Waals surface area contributed by atoms with Gasteiger partial charge in [-0.1, -0.05) is 30.3 Å². The van der Waals surface area contributed by atoms with Crippen LogP contribution in [0.25, 0.3) is 0 Å². The van der Waals surface area contributed by atoms with Crippen molar-refractivity contribution in [2.75, 3.05) is 19.0 Å². The Morgan fingerprint density at radius 2 is 1.80 bits per heavy atom. The van der Waals surface area contributed by atoms with Crippen molar-refractivity contribution in [3.05, 3.63) is 59.7 Å². The van der Waals surface area contributed by atoms with Crippen molar-refractivity contribution in [1.29, 1.82) is 0 Å². The number of anilines is 1. The lowest BCUT2D eigenvalue weighted by Crippen LogP contribution is -2.07. The number of rotatable bonds is 6. The summed E-state index contributed by atoms with van der Waals surface area (Å²) in [5.41, 5.74) is 3.54. The largest absolute Gasteiger partial charge is 0.497 e. The number of ether oxygens (including phenoxy) is 1. The predicted octanol–water partition coefficient (Wildman–Crippen LogP) is 4.65. The van der Waals surface area contributed by atoms with E-state index in [0.29, 0.717) is 0 Å². The van der Waals surface area contributed by atoms with Crippen molar-refractivity contribution in [1.82, 2.24) is 0 Å². The van der Waals surface area contributed by atoms with Gasteiger partial charge in [-0.05, 0) is 42.7 Å². The minimum Gasteiger partial charge on any atom is -0.497 e. The Bertz CT molecular complexity index is 537. The minimum atomic E-state index is 0.0136. The standard InChI is InChI=1S/C17H20ClNO/c1-13(18)16-5-3-4-6-17(16)19-12-11-14-7-9-15(20-2)10-8-14/h3-10,13,19H,11-12H2,1-2H3. The molecule has 3 heteroatoms. The Morgan fingerprint density at radius 1 is 1.10 bits per heavy atom. The second kappa shape index (κ2) is 7.20. The molecule has 2 aromatic carbocycles. The Hall–Kier alpha value is -1.67. The van der Waals surface area contributed by atoms with Crippen molar-refractivity contribution in [3.8, 4) is 5.75 Å². The highest BCUT2D eigenvalue weighted by atomic mass is 35.5. The summed E-state index contributed by atoms with van der Waals surface area (Å²) in [6, 6.07) is 16.3. The van der Waals surface area contributed by atoms with Crippen LogP contribution in [0.2, 0.25) is 0 Å². The van der Waals surface area contributed by atoms with Crippen LogP contribution in [-0.2, 0) is 6.42 Å². The lowest BCUT2D eigenvalue weighted by Gasteiger charge is -2.13. The molecule has 0 aliphatic heterocycles. The van der Waals surface area contributed by atoms with Gasteiger partial charge in [0.2, 0.25) is 0 Å². The number of hydrogen-bond donors (Lipinski definition) is 1. The normalized spacial score (nSPS) is 11.9. The first-order valence-electron chi connectivity index (χ1n) is 6.80. The number of nitrogens with one attached hydrogen (secondary N) is 1. The average molecular weight is 290 g/mol. The zero-order valence-electron chi connectivity index (χ0n) is 11.9. The molecule has 0 spiro atoms. The van der Waals surface area contributed by atoms with Gasteiger partial charge in [0.15, 0.2) is 0 Å². The summed E-state index contributed by atoms with van der Waals surface area (Å²) >= 11 is 6.18. The van der Waals surface area contributed by atoms with E-state index < -0.39 is 0 Å². The van der Waals surface area contributed by atoms with E-state index in [4.69, 9.17) is 16.3 Å². The first kappa shape index (κ1) is 14.7. The Morgan fingerprint density at radius 3 is 2.45 bits per heavy atom. The van der Waals surface area contributed by atoms with Crippen LogP contribution in [0.3, 0.4) is 0 Å². The van der Waals surface area contributed by atoms with Gasteiger partial charge in [-0.2, -0.15) is 0 Å². The average Bonchev–Trinajstić information content (AvgIpc) is 2.48. The minimum absolute atomic E-state index is 0.0136. The monoisotopic (exact) mass is 289 g/mol. The van der Waals surface area contributed by atoms with E-state index >= 15 is 0 Å². The van der Waals surface area contributed by atoms with Gasteiger partial charge in [0.05, 0.1) is 12.5 Å². The molecule has 0 radical (unpaired) electrons. The van der Waals surface area contributed by atoms with Crippen molar-refractivity contribution in [2.45, 2.75) is 18.7 Å². The van der Waals surface area contributed by atoms with Crippen molar-refractivity contribution in [3.63, 3.8) is 0 Å². The van der Waals surface area contributed by atoms with Gasteiger partial charge in [-0.3, -0.25) is 0 Å². The van der Waals surface area contributed by atoms with E-state index in [1.54, 1.807) is 7.11 Å². The first-order valence-corrected chi connectivity index (χ1v) is 7.24. The fourth-order valence-corrected chi connectivity index (χ4v) is 2.33. The Balaban J connectivity index is 1.92. The molecule has 0 fully saturated rings. The van der Waals surface area contributed by atoms with Gasteiger partial charge in [0.1, 0.15) is 5.75 Å². The second-order valence-electron chi connectivity index (χ2n) is 4.73. The fourth-order valence-electron chi connectivity index (χ4n) is 2.14. The third-order valence-corrected chi connectivity index (χ3v) is 3.51. The van der Waals surface area contributed by atoms with Gasteiger partial charge in [-0.15, -0.1) is 11.6 Å². The molecule has 1 atom stereocenters. The Kier molecular flexibility index (Phi) is 5.31. The van der Waals surface area contributed by atoms with Gasteiger partial charge in [0, 0.05) is 12.2 Å². The zero-order valence-corrected chi connectivity index (χ0v) is 12.7. The Labute approximate surface area is 125 Å². The smallest absolute Gasteiger partial charge is 0.118 e. The number of methoxy groups -OCH3 is 1. The SMILES string of the molecule is COc1ccc(CCNc2ccccc2C(C)Cl)cc1. The highest BCUT2D eigenvalue weighted by molar-refractivity contribution is 6.21. The van der Waals surface area contributed by atoms with Crippen molar-refractivity contribution < 1.29 is 4.74 Å². The molecule has 0 aromatic heterocycles. The van der Waals surface area contributed by atoms with E-state index in [9.17, 15) is 0 Å². The predicted molar refractivity (Wildman–Crippen MR) is 85.9 cm³/mol. The molecule has 2 aromatic rings. The number of para-hydroxylation sites is 1. The van der Waals surface area contributed by atoms with Crippen molar-refractivity contribution >= 4 is 17.3 Å². The maximum absolute atomic E-state index is 6.18. The molecular formula is C17H20ClNO. The molecule has 20 heavy (non-hydrogen) atoms. The van der Waals surface area contributed by atoms with Gasteiger partial charge in [-0.25, -0.2) is 0 Å². The van der Waals surface area contributed by atoms with Gasteiger partial charge < -0.3 is 10.1 Å². The first-order chi connectivity index (χ1) is 9.70. The summed E-state index contributed by atoms with van der Waals surface area (Å²) in [5, 5.41) is 3.47. The third-order valence-electron chi connectivity index (χ3n) is 3.28. The highest BCUT2D eigenvalue weighted by Crippen LogP contribution is 2.26. The molecule has 106 valence electrons. The molecule has 0 heterocycles. The molecule has 0 bridgehead atoms. The number of halogens is 1. The summed E-state index contributed by atoms with van der Waals surface area (Å²) in [6.07, 6.45) is 0.967. The van der Waals surface area contributed by atoms with Gasteiger partial charge >= 0.3 is 0 Å². The molecular weight excluding hydrogens is 270 g/mol. The van der Waals surface area contributed by atoms with Crippen LogP contribution in [-0.4, -0.2) is 13.7 Å². The van der Waals surface area contributed by atoms with E-state index in [1.807, 2.05) is 31.2 Å². The van der Waals surface area contributed by atoms with Crippen LogP contribution >= 0.6 is 11.6 Å². The van der Waals surface area contributed by atoms with Crippen LogP contribution in [0.4, 0.5) is 5.69 Å². The van der Waals surface area contributed by atoms with Crippen LogP contribution in [0.5, 0.6) is 5.75 Å². The maximum Gasteiger partial charge on any atom is 0.118 e. The number of alkyl halides is 1. The van der Waals surface area contributed by atoms with Crippen molar-refractivity contribution in [2.24, 2.45) is 0 Å². The quantitative estimate of drug-likeness (QED) is 0.782. The maximum atomic E-state index is 6.18. The molecule has 0 saturated carbocycles. The topological polar surface area (TPSA) is 21.3 Å². The summed E-state index contributed by atoms with van der Waals surface area (Å²) in [5.74, 6) is 0.892. The zero-order chi connectivity index (χ0) is 14.4. The molecule has 0 aliphatic rings. The van der Waals surface area contributed by atoms with Crippen LogP contribution < -0.4 is 10.1 Å². The van der Waals surface area contributed by atoms with Crippen LogP contribution in [0, 0.1) is 0 Å². The lowest BCUT2D eigenvalue weighted by atomic mass is 10.1. The van der Waals surface area contributed by atoms with Gasteiger partial charge in [0.25, 0.3) is 0 Å². The fraction of sp³-hybridized carbons (Fsp3) is 0.294. The number of hydrogen-bond acceptors (Lipinski definition) is 2. The summed E-state index contributed by atoms with van der Waals surface area (Å²) in [7, 11) is 1.68. The summed E-state index contributed by atoms with van der Waals surface area (Å²) < 4.78 is 5.15. The summed E-state index contributed by atoms with van der Waals surface area (Å²) in [6.45, 7) is 2.87. The van der Waals surface area contributed by atoms with E-state index in [-0.39, 0.29) is 5.38 Å². The van der Waals surface area contributed by atoms with E-state index in [1.165, 1.54) is 5.56 Å². The van der Waals surface area contributed by atoms with Crippen LogP contribution in [0.1, 0.15) is 23.4 Å². The third kappa shape index (κ3) is 3.91. The highest BCUT2D eigenvalue weighted by Gasteiger charge is 2.06. The molecule has 0 amide bonds. The van der Waals surface area contributed by atoms with E-state index in [2.05, 4.69) is 29.6 Å². The van der Waals surface area contributed by atoms with Crippen LogP contribution in [0.15, 0.2) is 48.5 Å². The summed E-state index contributed by atoms with van der Waals surface area (Å²) in [4.78, 5) is 0. The molecule has 0 saturated heterocycles. The van der Waals surface area contributed by atoms with E-state index in [0.717, 1.165) is 30.0 Å².